The van der Waals surface area contributed by atoms with E-state index in [9.17, 15) is 14.4 Å². The zero-order valence-electron chi connectivity index (χ0n) is 23.5. The molecule has 2 heterocycles. The molecule has 2 fully saturated rings. The number of amides is 3. The molecular formula is C31H42N4O4. The van der Waals surface area contributed by atoms with Gasteiger partial charge in [-0.25, -0.2) is 0 Å². The van der Waals surface area contributed by atoms with Crippen molar-refractivity contribution in [3.63, 3.8) is 0 Å². The quantitative estimate of drug-likeness (QED) is 0.463. The Balaban J connectivity index is 1.54. The van der Waals surface area contributed by atoms with E-state index >= 15 is 0 Å². The number of likely N-dealkylation sites (N-methyl/N-ethyl adjacent to an activating group) is 1. The molecule has 0 bridgehead atoms. The molecule has 210 valence electrons. The Labute approximate surface area is 232 Å². The number of benzene rings is 2. The molecule has 2 N–H and O–H groups in total. The molecule has 8 heteroatoms. The molecule has 0 aromatic heterocycles. The maximum atomic E-state index is 13.9. The first-order valence-corrected chi connectivity index (χ1v) is 14.1. The molecule has 8 nitrogen and oxygen atoms in total. The zero-order chi connectivity index (χ0) is 27.9. The summed E-state index contributed by atoms with van der Waals surface area (Å²) in [5.41, 5.74) is 2.24. The molecule has 0 spiro atoms. The van der Waals surface area contributed by atoms with Gasteiger partial charge in [0.05, 0.1) is 18.8 Å². The molecule has 2 unspecified atom stereocenters. The summed E-state index contributed by atoms with van der Waals surface area (Å²) < 4.78 is 6.45. The summed E-state index contributed by atoms with van der Waals surface area (Å²) in [7, 11) is 1.71. The van der Waals surface area contributed by atoms with Gasteiger partial charge >= 0.3 is 0 Å². The number of rotatable bonds is 11. The highest BCUT2D eigenvalue weighted by Crippen LogP contribution is 2.35. The van der Waals surface area contributed by atoms with Crippen LogP contribution in [0.1, 0.15) is 38.3 Å². The SMILES string of the molecule is CN[C@@H](C)C(=O)N[C@H](C(=O)N1CCC2C1C(=O)N(CCc1ccccc1)C[C@H]2OCc1ccccc1)C(C)C. The fourth-order valence-electron chi connectivity index (χ4n) is 5.56. The Kier molecular flexibility index (Phi) is 9.75. The standard InChI is InChI=1S/C31H42N4O4/c1-21(2)27(33-29(36)22(3)32-4)30(37)35-18-16-25-26(39-20-24-13-9-6-10-14-24)19-34(31(38)28(25)35)17-15-23-11-7-5-8-12-23/h5-14,21-22,25-28,32H,15-20H2,1-4H3,(H,33,36)/t22-,25?,26+,27-,28?/m0/s1. The van der Waals surface area contributed by atoms with Crippen LogP contribution >= 0.6 is 0 Å². The van der Waals surface area contributed by atoms with E-state index < -0.39 is 18.1 Å². The molecule has 0 aliphatic carbocycles. The molecule has 3 amide bonds. The predicted octanol–water partition coefficient (Wildman–Crippen LogP) is 2.62. The summed E-state index contributed by atoms with van der Waals surface area (Å²) in [5.74, 6) is -0.669. The predicted molar refractivity (Wildman–Crippen MR) is 151 cm³/mol. The molecule has 2 aliphatic rings. The number of nitrogens with zero attached hydrogens (tertiary/aromatic N) is 2. The first kappa shape index (κ1) is 28.8. The Bertz CT molecular complexity index is 1110. The van der Waals surface area contributed by atoms with Gasteiger partial charge in [-0.05, 0) is 43.9 Å². The van der Waals surface area contributed by atoms with Crippen molar-refractivity contribution in [2.45, 2.75) is 64.4 Å². The van der Waals surface area contributed by atoms with Crippen molar-refractivity contribution in [3.8, 4) is 0 Å². The first-order valence-electron chi connectivity index (χ1n) is 14.1. The number of fused-ring (bicyclic) bond motifs is 1. The molecular weight excluding hydrogens is 492 g/mol. The molecule has 5 atom stereocenters. The highest BCUT2D eigenvalue weighted by molar-refractivity contribution is 5.94. The van der Waals surface area contributed by atoms with Crippen LogP contribution in [0.3, 0.4) is 0 Å². The van der Waals surface area contributed by atoms with E-state index in [0.717, 1.165) is 17.5 Å². The van der Waals surface area contributed by atoms with Gasteiger partial charge in [0.25, 0.3) is 0 Å². The average molecular weight is 535 g/mol. The third-order valence-electron chi connectivity index (χ3n) is 8.05. The van der Waals surface area contributed by atoms with Gasteiger partial charge in [0.1, 0.15) is 12.1 Å². The smallest absolute Gasteiger partial charge is 0.246 e. The molecule has 0 saturated carbocycles. The fraction of sp³-hybridized carbons (Fsp3) is 0.516. The lowest BCUT2D eigenvalue weighted by molar-refractivity contribution is -0.157. The van der Waals surface area contributed by atoms with Crippen LogP contribution in [0.2, 0.25) is 0 Å². The van der Waals surface area contributed by atoms with E-state index in [1.807, 2.05) is 67.3 Å². The minimum atomic E-state index is -0.705. The van der Waals surface area contributed by atoms with Gasteiger partial charge in [-0.2, -0.15) is 0 Å². The largest absolute Gasteiger partial charge is 0.371 e. The number of carbonyl (C=O) groups excluding carboxylic acids is 3. The van der Waals surface area contributed by atoms with Gasteiger partial charge in [-0.15, -0.1) is 0 Å². The van der Waals surface area contributed by atoms with Crippen molar-refractivity contribution in [1.82, 2.24) is 20.4 Å². The van der Waals surface area contributed by atoms with Gasteiger partial charge in [-0.3, -0.25) is 14.4 Å². The number of piperidine rings is 1. The highest BCUT2D eigenvalue weighted by atomic mass is 16.5. The average Bonchev–Trinajstić information content (AvgIpc) is 3.41. The van der Waals surface area contributed by atoms with E-state index in [2.05, 4.69) is 22.8 Å². The van der Waals surface area contributed by atoms with Crippen LogP contribution in [0.5, 0.6) is 0 Å². The van der Waals surface area contributed by atoms with Crippen molar-refractivity contribution in [1.29, 1.82) is 0 Å². The Hall–Kier alpha value is -3.23. The second-order valence-electron chi connectivity index (χ2n) is 11.0. The lowest BCUT2D eigenvalue weighted by atomic mass is 9.88. The lowest BCUT2D eigenvalue weighted by Gasteiger charge is -2.43. The van der Waals surface area contributed by atoms with Crippen molar-refractivity contribution >= 4 is 17.7 Å². The second-order valence-corrected chi connectivity index (χ2v) is 11.0. The Morgan fingerprint density at radius 1 is 1.00 bits per heavy atom. The van der Waals surface area contributed by atoms with Crippen molar-refractivity contribution in [2.24, 2.45) is 11.8 Å². The first-order chi connectivity index (χ1) is 18.8. The molecule has 2 aromatic carbocycles. The minimum Gasteiger partial charge on any atom is -0.371 e. The maximum Gasteiger partial charge on any atom is 0.246 e. The van der Waals surface area contributed by atoms with Gasteiger partial charge in [-0.1, -0.05) is 74.5 Å². The van der Waals surface area contributed by atoms with Crippen LogP contribution in [0.25, 0.3) is 0 Å². The van der Waals surface area contributed by atoms with E-state index in [-0.39, 0.29) is 35.7 Å². The van der Waals surface area contributed by atoms with Crippen LogP contribution in [0, 0.1) is 11.8 Å². The summed E-state index contributed by atoms with van der Waals surface area (Å²) >= 11 is 0. The van der Waals surface area contributed by atoms with E-state index in [4.69, 9.17) is 4.74 Å². The molecule has 2 saturated heterocycles. The second kappa shape index (κ2) is 13.2. The Morgan fingerprint density at radius 3 is 2.26 bits per heavy atom. The van der Waals surface area contributed by atoms with Crippen molar-refractivity contribution in [3.05, 3.63) is 71.8 Å². The number of hydrogen-bond acceptors (Lipinski definition) is 5. The minimum absolute atomic E-state index is 0.0289. The van der Waals surface area contributed by atoms with Crippen molar-refractivity contribution < 1.29 is 19.1 Å². The summed E-state index contributed by atoms with van der Waals surface area (Å²) in [6.45, 7) is 7.58. The summed E-state index contributed by atoms with van der Waals surface area (Å²) in [4.78, 5) is 44.0. The molecule has 39 heavy (non-hydrogen) atoms. The number of carbonyl (C=O) groups is 3. The van der Waals surface area contributed by atoms with Gasteiger partial charge in [0, 0.05) is 25.6 Å². The van der Waals surface area contributed by atoms with Crippen LogP contribution in [0.15, 0.2) is 60.7 Å². The van der Waals surface area contributed by atoms with Gasteiger partial charge < -0.3 is 25.2 Å². The summed E-state index contributed by atoms with van der Waals surface area (Å²) in [5, 5.41) is 5.84. The molecule has 0 radical (unpaired) electrons. The highest BCUT2D eigenvalue weighted by Gasteiger charge is 2.52. The third-order valence-corrected chi connectivity index (χ3v) is 8.05. The molecule has 2 aliphatic heterocycles. The van der Waals surface area contributed by atoms with Crippen molar-refractivity contribution in [2.75, 3.05) is 26.7 Å². The van der Waals surface area contributed by atoms with E-state index in [1.165, 1.54) is 0 Å². The molecule has 4 rings (SSSR count). The lowest BCUT2D eigenvalue weighted by Crippen LogP contribution is -2.62. The summed E-state index contributed by atoms with van der Waals surface area (Å²) in [6.07, 6.45) is 1.24. The fourth-order valence-corrected chi connectivity index (χ4v) is 5.56. The number of hydrogen-bond donors (Lipinski definition) is 2. The zero-order valence-corrected chi connectivity index (χ0v) is 23.5. The normalized spacial score (nSPS) is 22.5. The third kappa shape index (κ3) is 6.86. The topological polar surface area (TPSA) is 91.0 Å². The monoisotopic (exact) mass is 534 g/mol. The molecule has 2 aromatic rings. The van der Waals surface area contributed by atoms with Crippen LogP contribution in [-0.4, -0.2) is 78.4 Å². The van der Waals surface area contributed by atoms with Crippen LogP contribution in [-0.2, 0) is 32.1 Å². The van der Waals surface area contributed by atoms with Crippen LogP contribution < -0.4 is 10.6 Å². The number of likely N-dealkylation sites (tertiary alicyclic amines) is 2. The maximum absolute atomic E-state index is 13.9. The van der Waals surface area contributed by atoms with Gasteiger partial charge in [0.2, 0.25) is 17.7 Å². The Morgan fingerprint density at radius 2 is 1.64 bits per heavy atom. The van der Waals surface area contributed by atoms with Crippen LogP contribution in [0.4, 0.5) is 0 Å². The van der Waals surface area contributed by atoms with E-state index in [1.54, 1.807) is 18.9 Å². The van der Waals surface area contributed by atoms with Gasteiger partial charge in [0.15, 0.2) is 0 Å². The number of ether oxygens (including phenoxy) is 1. The summed E-state index contributed by atoms with van der Waals surface area (Å²) in [6, 6.07) is 18.4. The number of nitrogens with one attached hydrogen (secondary N) is 2. The van der Waals surface area contributed by atoms with E-state index in [0.29, 0.717) is 32.7 Å².